The molecule has 0 bridgehead atoms. The second-order valence-electron chi connectivity index (χ2n) is 8.77. The number of ether oxygens (including phenoxy) is 1. The molecule has 8 heteroatoms. The zero-order valence-corrected chi connectivity index (χ0v) is 18.9. The molecule has 8 nitrogen and oxygen atoms in total. The second-order valence-corrected chi connectivity index (χ2v) is 8.77. The lowest BCUT2D eigenvalue weighted by atomic mass is 9.99. The smallest absolute Gasteiger partial charge is 0.257 e. The molecule has 1 atom stereocenters. The number of nitrogens with zero attached hydrogens (tertiary/aromatic N) is 4. The summed E-state index contributed by atoms with van der Waals surface area (Å²) in [5.41, 5.74) is 3.22. The van der Waals surface area contributed by atoms with Gasteiger partial charge in [-0.3, -0.25) is 9.59 Å². The monoisotopic (exact) mass is 447 g/mol. The second kappa shape index (κ2) is 9.31. The van der Waals surface area contributed by atoms with Crippen molar-refractivity contribution in [3.63, 3.8) is 0 Å². The van der Waals surface area contributed by atoms with E-state index >= 15 is 0 Å². The van der Waals surface area contributed by atoms with Gasteiger partial charge in [-0.05, 0) is 37.8 Å². The van der Waals surface area contributed by atoms with Gasteiger partial charge in [-0.1, -0.05) is 18.2 Å². The fourth-order valence-corrected chi connectivity index (χ4v) is 4.83. The summed E-state index contributed by atoms with van der Waals surface area (Å²) in [5, 5.41) is 1.08. The van der Waals surface area contributed by atoms with Crippen LogP contribution in [0.4, 0.5) is 0 Å². The van der Waals surface area contributed by atoms with Gasteiger partial charge in [-0.25, -0.2) is 9.97 Å². The lowest BCUT2D eigenvalue weighted by molar-refractivity contribution is -0.134. The molecule has 3 aromatic rings. The lowest BCUT2D eigenvalue weighted by Gasteiger charge is -2.35. The Hall–Kier alpha value is -3.26. The first-order chi connectivity index (χ1) is 16.1. The molecule has 2 aromatic heterocycles. The van der Waals surface area contributed by atoms with Crippen LogP contribution in [0.15, 0.2) is 36.7 Å². The van der Waals surface area contributed by atoms with E-state index in [4.69, 9.17) is 9.72 Å². The molecule has 172 valence electrons. The Morgan fingerprint density at radius 3 is 2.79 bits per heavy atom. The van der Waals surface area contributed by atoms with E-state index in [-0.39, 0.29) is 17.9 Å². The zero-order chi connectivity index (χ0) is 22.8. The summed E-state index contributed by atoms with van der Waals surface area (Å²) in [4.78, 5) is 42.5. The molecular formula is C25H29N5O3. The Balaban J connectivity index is 1.35. The molecule has 0 radical (unpaired) electrons. The van der Waals surface area contributed by atoms with Crippen LogP contribution in [0.25, 0.3) is 10.9 Å². The number of nitrogens with one attached hydrogen (secondary N) is 1. The van der Waals surface area contributed by atoms with E-state index < -0.39 is 0 Å². The van der Waals surface area contributed by atoms with Crippen LogP contribution in [0.5, 0.6) is 0 Å². The number of aromatic amines is 1. The van der Waals surface area contributed by atoms with Crippen molar-refractivity contribution < 1.29 is 14.3 Å². The Kier molecular flexibility index (Phi) is 6.09. The Bertz CT molecular complexity index is 1170. The average Bonchev–Trinajstić information content (AvgIpc) is 3.27. The van der Waals surface area contributed by atoms with Crippen molar-refractivity contribution >= 4 is 22.7 Å². The van der Waals surface area contributed by atoms with Gasteiger partial charge in [0.2, 0.25) is 5.91 Å². The molecule has 2 aliphatic rings. The normalized spacial score (nSPS) is 19.1. The largest absolute Gasteiger partial charge is 0.378 e. The SMILES string of the molecule is Cc1nc([C@H]2CCCCN2C(=O)Cc2c[nH]c3ccccc23)ncc1C(=O)N1CCOCC1. The van der Waals surface area contributed by atoms with Crippen LogP contribution in [-0.2, 0) is 16.0 Å². The first-order valence-electron chi connectivity index (χ1n) is 11.7. The van der Waals surface area contributed by atoms with Crippen molar-refractivity contribution in [3.05, 3.63) is 59.3 Å². The van der Waals surface area contributed by atoms with Gasteiger partial charge in [0.25, 0.3) is 5.91 Å². The average molecular weight is 448 g/mol. The number of H-pyrrole nitrogens is 1. The summed E-state index contributed by atoms with van der Waals surface area (Å²) in [6, 6.07) is 7.87. The molecule has 1 N–H and O–H groups in total. The molecule has 2 fully saturated rings. The summed E-state index contributed by atoms with van der Waals surface area (Å²) in [7, 11) is 0. The third kappa shape index (κ3) is 4.35. The van der Waals surface area contributed by atoms with Crippen LogP contribution in [0, 0.1) is 6.92 Å². The number of aryl methyl sites for hydroxylation is 1. The van der Waals surface area contributed by atoms with Crippen LogP contribution >= 0.6 is 0 Å². The van der Waals surface area contributed by atoms with Gasteiger partial charge in [0.15, 0.2) is 5.82 Å². The quantitative estimate of drug-likeness (QED) is 0.664. The highest BCUT2D eigenvalue weighted by Crippen LogP contribution is 2.30. The van der Waals surface area contributed by atoms with Gasteiger partial charge < -0.3 is 19.5 Å². The molecular weight excluding hydrogens is 418 g/mol. The van der Waals surface area contributed by atoms with Crippen LogP contribution in [0.2, 0.25) is 0 Å². The predicted molar refractivity (Wildman–Crippen MR) is 124 cm³/mol. The van der Waals surface area contributed by atoms with Crippen molar-refractivity contribution in [3.8, 4) is 0 Å². The number of para-hydroxylation sites is 1. The minimum atomic E-state index is -0.164. The van der Waals surface area contributed by atoms with E-state index in [9.17, 15) is 9.59 Å². The molecule has 33 heavy (non-hydrogen) atoms. The number of carbonyl (C=O) groups excluding carboxylic acids is 2. The molecule has 0 saturated carbocycles. The number of rotatable bonds is 4. The molecule has 2 aliphatic heterocycles. The van der Waals surface area contributed by atoms with Gasteiger partial charge in [-0.2, -0.15) is 0 Å². The third-order valence-corrected chi connectivity index (χ3v) is 6.66. The number of amides is 2. The number of carbonyl (C=O) groups is 2. The molecule has 2 saturated heterocycles. The standard InChI is InChI=1S/C25H29N5O3/c1-17-20(25(32)29-10-12-33-13-11-29)16-27-24(28-17)22-8-4-5-9-30(22)23(31)14-18-15-26-21-7-3-2-6-19(18)21/h2-3,6-7,15-16,22,26H,4-5,8-14H2,1H3/t22-/m1/s1. The van der Waals surface area contributed by atoms with Crippen LogP contribution < -0.4 is 0 Å². The van der Waals surface area contributed by atoms with E-state index in [1.54, 1.807) is 11.1 Å². The summed E-state index contributed by atoms with van der Waals surface area (Å²) in [6.45, 7) is 4.82. The molecule has 1 aromatic carbocycles. The fraction of sp³-hybridized carbons (Fsp3) is 0.440. The van der Waals surface area contributed by atoms with E-state index in [1.807, 2.05) is 42.3 Å². The molecule has 0 aliphatic carbocycles. The fourth-order valence-electron chi connectivity index (χ4n) is 4.83. The molecule has 4 heterocycles. The minimum absolute atomic E-state index is 0.0572. The van der Waals surface area contributed by atoms with E-state index in [0.717, 1.165) is 35.7 Å². The number of fused-ring (bicyclic) bond motifs is 1. The topological polar surface area (TPSA) is 91.4 Å². The van der Waals surface area contributed by atoms with Crippen LogP contribution in [0.3, 0.4) is 0 Å². The molecule has 0 unspecified atom stereocenters. The molecule has 0 spiro atoms. The number of morpholine rings is 1. The Morgan fingerprint density at radius 1 is 1.15 bits per heavy atom. The number of hydrogen-bond donors (Lipinski definition) is 1. The van der Waals surface area contributed by atoms with Gasteiger partial charge >= 0.3 is 0 Å². The van der Waals surface area contributed by atoms with Gasteiger partial charge in [0, 0.05) is 42.9 Å². The number of piperidine rings is 1. The first-order valence-corrected chi connectivity index (χ1v) is 11.7. The third-order valence-electron chi connectivity index (χ3n) is 6.66. The Morgan fingerprint density at radius 2 is 1.97 bits per heavy atom. The van der Waals surface area contributed by atoms with Crippen molar-refractivity contribution in [2.75, 3.05) is 32.8 Å². The van der Waals surface area contributed by atoms with E-state index in [2.05, 4.69) is 9.97 Å². The highest BCUT2D eigenvalue weighted by Gasteiger charge is 2.31. The summed E-state index contributed by atoms with van der Waals surface area (Å²) in [5.74, 6) is 0.649. The van der Waals surface area contributed by atoms with Crippen molar-refractivity contribution in [1.29, 1.82) is 0 Å². The maximum atomic E-state index is 13.3. The van der Waals surface area contributed by atoms with Crippen LogP contribution in [-0.4, -0.2) is 69.4 Å². The van der Waals surface area contributed by atoms with E-state index in [0.29, 0.717) is 56.4 Å². The van der Waals surface area contributed by atoms with Crippen molar-refractivity contribution in [2.24, 2.45) is 0 Å². The van der Waals surface area contributed by atoms with Gasteiger partial charge in [-0.15, -0.1) is 0 Å². The lowest BCUT2D eigenvalue weighted by Crippen LogP contribution is -2.41. The summed E-state index contributed by atoms with van der Waals surface area (Å²) >= 11 is 0. The minimum Gasteiger partial charge on any atom is -0.378 e. The number of benzene rings is 1. The summed E-state index contributed by atoms with van der Waals surface area (Å²) < 4.78 is 5.35. The molecule has 5 rings (SSSR count). The van der Waals surface area contributed by atoms with Gasteiger partial charge in [0.1, 0.15) is 0 Å². The maximum Gasteiger partial charge on any atom is 0.257 e. The van der Waals surface area contributed by atoms with Gasteiger partial charge in [0.05, 0.1) is 36.9 Å². The predicted octanol–water partition coefficient (Wildman–Crippen LogP) is 3.04. The Labute approximate surface area is 193 Å². The number of aromatic nitrogens is 3. The van der Waals surface area contributed by atoms with Crippen molar-refractivity contribution in [1.82, 2.24) is 24.8 Å². The zero-order valence-electron chi connectivity index (χ0n) is 18.9. The highest BCUT2D eigenvalue weighted by molar-refractivity contribution is 5.95. The van der Waals surface area contributed by atoms with Crippen LogP contribution in [0.1, 0.15) is 52.7 Å². The van der Waals surface area contributed by atoms with Crippen molar-refractivity contribution in [2.45, 2.75) is 38.6 Å². The van der Waals surface area contributed by atoms with E-state index in [1.165, 1.54) is 0 Å². The first kappa shape index (κ1) is 21.6. The maximum absolute atomic E-state index is 13.3. The summed E-state index contributed by atoms with van der Waals surface area (Å²) in [6.07, 6.45) is 6.73. The molecule has 2 amide bonds. The highest BCUT2D eigenvalue weighted by atomic mass is 16.5. The number of likely N-dealkylation sites (tertiary alicyclic amines) is 1. The number of hydrogen-bond acceptors (Lipinski definition) is 5.